The third-order valence-corrected chi connectivity index (χ3v) is 4.29. The van der Waals surface area contributed by atoms with Crippen LogP contribution in [0.4, 0.5) is 0 Å². The van der Waals surface area contributed by atoms with Gasteiger partial charge in [-0.2, -0.15) is 0 Å². The van der Waals surface area contributed by atoms with Gasteiger partial charge in [-0.3, -0.25) is 0 Å². The molecule has 3 aliphatic rings. The SMILES string of the molecule is C1CC23CNCC2(C1)CNC3.Cl.Cl. The summed E-state index contributed by atoms with van der Waals surface area (Å²) in [4.78, 5) is 0. The zero-order chi connectivity index (χ0) is 7.36. The summed E-state index contributed by atoms with van der Waals surface area (Å²) in [5, 5.41) is 7.14. The Morgan fingerprint density at radius 3 is 1.46 bits per heavy atom. The van der Waals surface area contributed by atoms with Crippen molar-refractivity contribution in [2.45, 2.75) is 19.3 Å². The number of rotatable bonds is 0. The normalized spacial score (nSPS) is 46.2. The van der Waals surface area contributed by atoms with E-state index in [4.69, 9.17) is 0 Å². The Hall–Kier alpha value is 0.500. The minimum atomic E-state index is 0. The second-order valence-corrected chi connectivity index (χ2v) is 4.62. The minimum absolute atomic E-state index is 0. The molecule has 3 rings (SSSR count). The Labute approximate surface area is 92.0 Å². The fraction of sp³-hybridized carbons (Fsp3) is 1.00. The van der Waals surface area contributed by atoms with Crippen LogP contribution >= 0.6 is 24.8 Å². The fourth-order valence-corrected chi connectivity index (χ4v) is 3.61. The molecule has 2 nitrogen and oxygen atoms in total. The van der Waals surface area contributed by atoms with Crippen molar-refractivity contribution in [2.75, 3.05) is 26.2 Å². The molecule has 0 bridgehead atoms. The van der Waals surface area contributed by atoms with Gasteiger partial charge in [-0.25, -0.2) is 0 Å². The van der Waals surface area contributed by atoms with Gasteiger partial charge in [-0.1, -0.05) is 6.42 Å². The van der Waals surface area contributed by atoms with E-state index >= 15 is 0 Å². The molecule has 0 unspecified atom stereocenters. The largest absolute Gasteiger partial charge is 0.315 e. The first-order chi connectivity index (χ1) is 5.37. The number of halogens is 2. The van der Waals surface area contributed by atoms with Crippen molar-refractivity contribution in [3.8, 4) is 0 Å². The Kier molecular flexibility index (Phi) is 3.18. The Morgan fingerprint density at radius 2 is 1.08 bits per heavy atom. The average Bonchev–Trinajstić information content (AvgIpc) is 2.40. The quantitative estimate of drug-likeness (QED) is 0.647. The van der Waals surface area contributed by atoms with Gasteiger partial charge in [0.25, 0.3) is 0 Å². The molecule has 0 aromatic carbocycles. The molecule has 2 aliphatic heterocycles. The minimum Gasteiger partial charge on any atom is -0.315 e. The molecule has 13 heavy (non-hydrogen) atoms. The molecule has 0 atom stereocenters. The first-order valence-corrected chi connectivity index (χ1v) is 4.79. The van der Waals surface area contributed by atoms with Gasteiger partial charge in [0.1, 0.15) is 0 Å². The Balaban J connectivity index is 0.000000422. The highest BCUT2D eigenvalue weighted by Crippen LogP contribution is 2.57. The first kappa shape index (κ1) is 11.6. The van der Waals surface area contributed by atoms with Crippen LogP contribution in [0.25, 0.3) is 0 Å². The predicted molar refractivity (Wildman–Crippen MR) is 59.0 cm³/mol. The summed E-state index contributed by atoms with van der Waals surface area (Å²) >= 11 is 0. The predicted octanol–water partition coefficient (Wildman–Crippen LogP) is 1.19. The van der Waals surface area contributed by atoms with Crippen molar-refractivity contribution in [3.63, 3.8) is 0 Å². The van der Waals surface area contributed by atoms with Crippen molar-refractivity contribution in [3.05, 3.63) is 0 Å². The topological polar surface area (TPSA) is 24.1 Å². The van der Waals surface area contributed by atoms with Crippen LogP contribution in [-0.2, 0) is 0 Å². The summed E-state index contributed by atoms with van der Waals surface area (Å²) in [6.07, 6.45) is 4.41. The van der Waals surface area contributed by atoms with Gasteiger partial charge >= 0.3 is 0 Å². The van der Waals surface area contributed by atoms with E-state index in [-0.39, 0.29) is 24.8 Å². The second kappa shape index (κ2) is 3.58. The van der Waals surface area contributed by atoms with Gasteiger partial charge in [0.2, 0.25) is 0 Å². The molecule has 3 fully saturated rings. The third kappa shape index (κ3) is 1.23. The molecule has 0 aromatic rings. The lowest BCUT2D eigenvalue weighted by Gasteiger charge is -2.30. The standard InChI is InChI=1S/C9H16N2.2ClH/c1-2-8-4-10-6-9(8,3-1)7-11-5-8;;/h10-11H,1-7H2;2*1H. The van der Waals surface area contributed by atoms with Crippen LogP contribution in [-0.4, -0.2) is 26.2 Å². The van der Waals surface area contributed by atoms with Gasteiger partial charge in [0, 0.05) is 37.0 Å². The summed E-state index contributed by atoms with van der Waals surface area (Å²) in [6, 6.07) is 0. The maximum absolute atomic E-state index is 3.57. The molecule has 2 heterocycles. The monoisotopic (exact) mass is 224 g/mol. The molecule has 2 saturated heterocycles. The highest BCUT2D eigenvalue weighted by molar-refractivity contribution is 5.85. The van der Waals surface area contributed by atoms with Gasteiger partial charge < -0.3 is 10.6 Å². The molecular weight excluding hydrogens is 207 g/mol. The van der Waals surface area contributed by atoms with E-state index in [0.29, 0.717) is 10.8 Å². The summed E-state index contributed by atoms with van der Waals surface area (Å²) in [5.74, 6) is 0. The maximum atomic E-state index is 3.57. The van der Waals surface area contributed by atoms with Crippen LogP contribution in [0, 0.1) is 10.8 Å². The zero-order valence-electron chi connectivity index (χ0n) is 7.77. The summed E-state index contributed by atoms with van der Waals surface area (Å²) in [6.45, 7) is 5.11. The summed E-state index contributed by atoms with van der Waals surface area (Å²) in [7, 11) is 0. The summed E-state index contributed by atoms with van der Waals surface area (Å²) in [5.41, 5.74) is 1.35. The molecule has 2 N–H and O–H groups in total. The van der Waals surface area contributed by atoms with E-state index in [1.54, 1.807) is 0 Å². The van der Waals surface area contributed by atoms with Crippen LogP contribution in [0.15, 0.2) is 0 Å². The van der Waals surface area contributed by atoms with E-state index in [1.807, 2.05) is 0 Å². The van der Waals surface area contributed by atoms with Crippen LogP contribution in [0.1, 0.15) is 19.3 Å². The lowest BCUT2D eigenvalue weighted by atomic mass is 9.71. The average molecular weight is 225 g/mol. The molecule has 0 aromatic heterocycles. The summed E-state index contributed by atoms with van der Waals surface area (Å²) < 4.78 is 0. The molecule has 1 aliphatic carbocycles. The van der Waals surface area contributed by atoms with Crippen molar-refractivity contribution >= 4 is 24.8 Å². The van der Waals surface area contributed by atoms with Crippen LogP contribution in [0.3, 0.4) is 0 Å². The maximum Gasteiger partial charge on any atom is 0.00331 e. The lowest BCUT2D eigenvalue weighted by Crippen LogP contribution is -2.34. The van der Waals surface area contributed by atoms with Gasteiger partial charge in [-0.15, -0.1) is 24.8 Å². The van der Waals surface area contributed by atoms with Crippen molar-refractivity contribution in [2.24, 2.45) is 10.8 Å². The molecule has 0 amide bonds. The van der Waals surface area contributed by atoms with Gasteiger partial charge in [0.05, 0.1) is 0 Å². The van der Waals surface area contributed by atoms with Crippen LogP contribution < -0.4 is 10.6 Å². The van der Waals surface area contributed by atoms with E-state index in [1.165, 1.54) is 45.4 Å². The van der Waals surface area contributed by atoms with E-state index in [0.717, 1.165) is 0 Å². The van der Waals surface area contributed by atoms with Crippen molar-refractivity contribution in [1.82, 2.24) is 10.6 Å². The number of hydrogen-bond donors (Lipinski definition) is 2. The molecular formula is C9H18Cl2N2. The molecule has 1 saturated carbocycles. The molecule has 78 valence electrons. The first-order valence-electron chi connectivity index (χ1n) is 4.79. The van der Waals surface area contributed by atoms with Gasteiger partial charge in [0.15, 0.2) is 0 Å². The second-order valence-electron chi connectivity index (χ2n) is 4.62. The van der Waals surface area contributed by atoms with Crippen molar-refractivity contribution in [1.29, 1.82) is 0 Å². The van der Waals surface area contributed by atoms with Crippen LogP contribution in [0.2, 0.25) is 0 Å². The number of hydrogen-bond acceptors (Lipinski definition) is 2. The Morgan fingerprint density at radius 1 is 0.692 bits per heavy atom. The van der Waals surface area contributed by atoms with Crippen molar-refractivity contribution < 1.29 is 0 Å². The molecule has 0 spiro atoms. The highest BCUT2D eigenvalue weighted by atomic mass is 35.5. The van der Waals surface area contributed by atoms with E-state index in [9.17, 15) is 0 Å². The highest BCUT2D eigenvalue weighted by Gasteiger charge is 2.60. The smallest absolute Gasteiger partial charge is 0.00331 e. The number of nitrogens with one attached hydrogen (secondary N) is 2. The lowest BCUT2D eigenvalue weighted by molar-refractivity contribution is 0.212. The van der Waals surface area contributed by atoms with E-state index < -0.39 is 0 Å². The fourth-order valence-electron chi connectivity index (χ4n) is 3.61. The van der Waals surface area contributed by atoms with Gasteiger partial charge in [-0.05, 0) is 12.8 Å². The van der Waals surface area contributed by atoms with E-state index in [2.05, 4.69) is 10.6 Å². The molecule has 4 heteroatoms. The van der Waals surface area contributed by atoms with Crippen LogP contribution in [0.5, 0.6) is 0 Å². The third-order valence-electron chi connectivity index (χ3n) is 4.29. The molecule has 0 radical (unpaired) electrons. The zero-order valence-corrected chi connectivity index (χ0v) is 9.40. The Bertz CT molecular complexity index is 149.